The Morgan fingerprint density at radius 2 is 1.64 bits per heavy atom. The Bertz CT molecular complexity index is 288. The van der Waals surface area contributed by atoms with Crippen LogP contribution >= 0.6 is 0 Å². The van der Waals surface area contributed by atoms with Crippen LogP contribution in [0.25, 0.3) is 0 Å². The molecule has 1 aliphatic rings. The molecule has 0 saturated heterocycles. The lowest BCUT2D eigenvalue weighted by molar-refractivity contribution is -0.136. The van der Waals surface area contributed by atoms with E-state index in [0.717, 1.165) is 0 Å². The largest absolute Gasteiger partial charge is 0.313 e. The van der Waals surface area contributed by atoms with Gasteiger partial charge in [-0.15, -0.1) is 0 Å². The van der Waals surface area contributed by atoms with Crippen molar-refractivity contribution >= 4 is 5.78 Å². The highest BCUT2D eigenvalue weighted by molar-refractivity contribution is 6.04. The average Bonchev–Trinajstić information content (AvgIpc) is 2.23. The predicted molar refractivity (Wildman–Crippen MR) is 51.3 cm³/mol. The van der Waals surface area contributed by atoms with Crippen molar-refractivity contribution in [3.63, 3.8) is 0 Å². The summed E-state index contributed by atoms with van der Waals surface area (Å²) in [6, 6.07) is 0. The van der Waals surface area contributed by atoms with Gasteiger partial charge in [0.15, 0.2) is 0 Å². The van der Waals surface area contributed by atoms with Gasteiger partial charge in [-0.3, -0.25) is 4.79 Å². The van der Waals surface area contributed by atoms with Crippen molar-refractivity contribution < 1.29 is 13.6 Å². The van der Waals surface area contributed by atoms with Crippen molar-refractivity contribution in [3.05, 3.63) is 11.1 Å². The van der Waals surface area contributed by atoms with Crippen molar-refractivity contribution in [1.29, 1.82) is 0 Å². The molecule has 0 atom stereocenters. The fraction of sp³-hybridized carbons (Fsp3) is 0.727. The molecule has 0 aromatic heterocycles. The van der Waals surface area contributed by atoms with Gasteiger partial charge in [-0.2, -0.15) is 8.78 Å². The molecule has 0 radical (unpaired) electrons. The molecule has 0 saturated carbocycles. The summed E-state index contributed by atoms with van der Waals surface area (Å²) in [5.74, 6) is -4.19. The van der Waals surface area contributed by atoms with Crippen LogP contribution in [-0.2, 0) is 4.79 Å². The molecule has 0 N–H and O–H groups in total. The van der Waals surface area contributed by atoms with Gasteiger partial charge in [-0.25, -0.2) is 0 Å². The molecule has 0 bridgehead atoms. The lowest BCUT2D eigenvalue weighted by Crippen LogP contribution is -2.25. The average molecular weight is 202 g/mol. The minimum absolute atomic E-state index is 0.0322. The van der Waals surface area contributed by atoms with Gasteiger partial charge in [0, 0.05) is 12.0 Å². The summed E-state index contributed by atoms with van der Waals surface area (Å²) in [7, 11) is 0. The minimum atomic E-state index is -3.15. The number of alkyl halides is 2. The monoisotopic (exact) mass is 202 g/mol. The number of carbonyl (C=O) groups is 1. The molecule has 1 aliphatic carbocycles. The van der Waals surface area contributed by atoms with E-state index < -0.39 is 11.7 Å². The molecule has 14 heavy (non-hydrogen) atoms. The molecule has 80 valence electrons. The van der Waals surface area contributed by atoms with E-state index >= 15 is 0 Å². The topological polar surface area (TPSA) is 17.1 Å². The van der Waals surface area contributed by atoms with Crippen molar-refractivity contribution in [2.45, 2.75) is 40.0 Å². The molecule has 0 heterocycles. The summed E-state index contributed by atoms with van der Waals surface area (Å²) in [6.07, 6.45) is -0.378. The normalized spacial score (nSPS) is 21.6. The highest BCUT2D eigenvalue weighted by Gasteiger charge is 2.49. The number of hydrogen-bond acceptors (Lipinski definition) is 1. The summed E-state index contributed by atoms with van der Waals surface area (Å²) < 4.78 is 26.3. The SMILES string of the molecule is CC(C)C1=C(C(C)C)C(=O)C(F)(F)C1. The molecule has 1 nitrogen and oxygen atoms in total. The summed E-state index contributed by atoms with van der Waals surface area (Å²) >= 11 is 0. The zero-order valence-corrected chi connectivity index (χ0v) is 9.03. The number of Topliss-reactive ketones (excluding diaryl/α,β-unsaturated/α-hetero) is 1. The van der Waals surface area contributed by atoms with E-state index in [9.17, 15) is 13.6 Å². The third kappa shape index (κ3) is 1.72. The second-order valence-corrected chi connectivity index (χ2v) is 4.46. The van der Waals surface area contributed by atoms with E-state index in [4.69, 9.17) is 0 Å². The van der Waals surface area contributed by atoms with E-state index in [1.165, 1.54) is 0 Å². The molecule has 0 aromatic carbocycles. The predicted octanol–water partition coefficient (Wildman–Crippen LogP) is 3.20. The number of ketones is 1. The van der Waals surface area contributed by atoms with Crippen LogP contribution < -0.4 is 0 Å². The molecule has 0 spiro atoms. The molecule has 0 aromatic rings. The molecule has 0 aliphatic heterocycles. The highest BCUT2D eigenvalue weighted by Crippen LogP contribution is 2.42. The van der Waals surface area contributed by atoms with E-state index in [1.807, 2.05) is 13.8 Å². The molecule has 0 amide bonds. The van der Waals surface area contributed by atoms with Gasteiger partial charge in [-0.1, -0.05) is 33.3 Å². The molecule has 1 rings (SSSR count). The van der Waals surface area contributed by atoms with E-state index in [0.29, 0.717) is 11.1 Å². The van der Waals surface area contributed by atoms with Crippen LogP contribution in [0.5, 0.6) is 0 Å². The van der Waals surface area contributed by atoms with Crippen LogP contribution in [-0.4, -0.2) is 11.7 Å². The number of halogens is 2. The maximum atomic E-state index is 13.2. The van der Waals surface area contributed by atoms with Crippen LogP contribution in [0.3, 0.4) is 0 Å². The quantitative estimate of drug-likeness (QED) is 0.672. The molecular formula is C11H16F2O. The summed E-state index contributed by atoms with van der Waals surface area (Å²) in [4.78, 5) is 11.4. The second-order valence-electron chi connectivity index (χ2n) is 4.46. The molecular weight excluding hydrogens is 186 g/mol. The zero-order valence-electron chi connectivity index (χ0n) is 9.03. The first-order valence-corrected chi connectivity index (χ1v) is 4.93. The Kier molecular flexibility index (Phi) is 2.79. The number of rotatable bonds is 2. The van der Waals surface area contributed by atoms with Gasteiger partial charge in [-0.05, 0) is 11.8 Å². The lowest BCUT2D eigenvalue weighted by Gasteiger charge is -2.11. The van der Waals surface area contributed by atoms with Crippen molar-refractivity contribution in [1.82, 2.24) is 0 Å². The maximum Gasteiger partial charge on any atom is 0.313 e. The first-order chi connectivity index (χ1) is 6.27. The molecule has 0 unspecified atom stereocenters. The Hall–Kier alpha value is -0.730. The van der Waals surface area contributed by atoms with E-state index in [1.54, 1.807) is 13.8 Å². The Morgan fingerprint density at radius 3 is 1.93 bits per heavy atom. The highest BCUT2D eigenvalue weighted by atomic mass is 19.3. The van der Waals surface area contributed by atoms with Crippen molar-refractivity contribution in [2.75, 3.05) is 0 Å². The van der Waals surface area contributed by atoms with Crippen LogP contribution in [0.4, 0.5) is 8.78 Å². The summed E-state index contributed by atoms with van der Waals surface area (Å²) in [6.45, 7) is 7.28. The summed E-state index contributed by atoms with van der Waals surface area (Å²) in [5, 5.41) is 0. The Morgan fingerprint density at radius 1 is 1.14 bits per heavy atom. The first-order valence-electron chi connectivity index (χ1n) is 4.93. The van der Waals surface area contributed by atoms with Crippen LogP contribution in [0.1, 0.15) is 34.1 Å². The maximum absolute atomic E-state index is 13.2. The number of carbonyl (C=O) groups excluding carboxylic acids is 1. The Labute approximate surface area is 83.2 Å². The van der Waals surface area contributed by atoms with Gasteiger partial charge in [0.2, 0.25) is 5.78 Å². The Balaban J connectivity index is 3.14. The zero-order chi connectivity index (χ0) is 11.1. The second kappa shape index (κ2) is 3.44. The number of allylic oxidation sites excluding steroid dienone is 2. The number of hydrogen-bond donors (Lipinski definition) is 0. The van der Waals surface area contributed by atoms with Crippen LogP contribution in [0, 0.1) is 11.8 Å². The first kappa shape index (κ1) is 11.3. The smallest absolute Gasteiger partial charge is 0.288 e. The third-order valence-corrected chi connectivity index (χ3v) is 2.61. The van der Waals surface area contributed by atoms with Gasteiger partial charge in [0.25, 0.3) is 0 Å². The van der Waals surface area contributed by atoms with Crippen molar-refractivity contribution in [2.24, 2.45) is 11.8 Å². The van der Waals surface area contributed by atoms with Gasteiger partial charge in [0.1, 0.15) is 0 Å². The fourth-order valence-corrected chi connectivity index (χ4v) is 1.91. The third-order valence-electron chi connectivity index (χ3n) is 2.61. The standard InChI is InChI=1S/C11H16F2O/c1-6(2)8-5-11(12,13)10(14)9(8)7(3)4/h6-7H,5H2,1-4H3. The van der Waals surface area contributed by atoms with Gasteiger partial charge < -0.3 is 0 Å². The minimum Gasteiger partial charge on any atom is -0.288 e. The van der Waals surface area contributed by atoms with Crippen LogP contribution in [0.15, 0.2) is 11.1 Å². The van der Waals surface area contributed by atoms with Gasteiger partial charge >= 0.3 is 5.92 Å². The van der Waals surface area contributed by atoms with E-state index in [2.05, 4.69) is 0 Å². The molecule has 0 fully saturated rings. The van der Waals surface area contributed by atoms with Crippen LogP contribution in [0.2, 0.25) is 0 Å². The summed E-state index contributed by atoms with van der Waals surface area (Å²) in [5.41, 5.74) is 0.986. The lowest BCUT2D eigenvalue weighted by atomic mass is 9.93. The van der Waals surface area contributed by atoms with Crippen molar-refractivity contribution in [3.8, 4) is 0 Å². The molecule has 3 heteroatoms. The van der Waals surface area contributed by atoms with E-state index in [-0.39, 0.29) is 18.3 Å². The fourth-order valence-electron chi connectivity index (χ4n) is 1.91. The van der Waals surface area contributed by atoms with Gasteiger partial charge in [0.05, 0.1) is 0 Å².